The molecule has 1 aromatic carbocycles. The lowest BCUT2D eigenvalue weighted by Crippen LogP contribution is -2.43. The Morgan fingerprint density at radius 2 is 2.04 bits per heavy atom. The quantitative estimate of drug-likeness (QED) is 0.937. The van der Waals surface area contributed by atoms with Crippen LogP contribution in [0.25, 0.3) is 11.3 Å². The van der Waals surface area contributed by atoms with Crippen LogP contribution < -0.4 is 10.2 Å². The second-order valence-electron chi connectivity index (χ2n) is 5.96. The van der Waals surface area contributed by atoms with Crippen molar-refractivity contribution < 1.29 is 9.18 Å². The molecule has 1 saturated heterocycles. The minimum Gasteiger partial charge on any atom is -0.356 e. The maximum Gasteiger partial charge on any atom is 0.224 e. The van der Waals surface area contributed by atoms with Gasteiger partial charge in [0.1, 0.15) is 5.82 Å². The fourth-order valence-corrected chi connectivity index (χ4v) is 2.99. The molecule has 0 spiro atoms. The first-order chi connectivity index (χ1) is 11.7. The number of nitrogens with one attached hydrogen (secondary N) is 1. The molecule has 1 atom stereocenters. The van der Waals surface area contributed by atoms with Gasteiger partial charge in [-0.2, -0.15) is 0 Å². The highest BCUT2D eigenvalue weighted by Crippen LogP contribution is 2.23. The molecule has 1 N–H and O–H groups in total. The normalized spacial score (nSPS) is 17.6. The molecule has 0 saturated carbocycles. The van der Waals surface area contributed by atoms with Crippen LogP contribution in [0.3, 0.4) is 0 Å². The van der Waals surface area contributed by atoms with Gasteiger partial charge < -0.3 is 10.2 Å². The van der Waals surface area contributed by atoms with Crippen molar-refractivity contribution in [3.63, 3.8) is 0 Å². The Bertz CT molecular complexity index is 687. The van der Waals surface area contributed by atoms with E-state index in [0.717, 1.165) is 30.8 Å². The second kappa shape index (κ2) is 7.38. The number of rotatable bonds is 4. The van der Waals surface area contributed by atoms with Crippen molar-refractivity contribution in [3.8, 4) is 11.3 Å². The van der Waals surface area contributed by atoms with Crippen LogP contribution in [0, 0.1) is 11.7 Å². The molecule has 0 bridgehead atoms. The lowest BCUT2D eigenvalue weighted by atomic mass is 9.97. The van der Waals surface area contributed by atoms with Crippen LogP contribution in [0.5, 0.6) is 0 Å². The molecule has 1 aliphatic rings. The Morgan fingerprint density at radius 3 is 2.71 bits per heavy atom. The van der Waals surface area contributed by atoms with Gasteiger partial charge in [0.2, 0.25) is 5.91 Å². The molecule has 1 unspecified atom stereocenters. The lowest BCUT2D eigenvalue weighted by Gasteiger charge is -2.32. The molecular formula is C18H21FN4O. The molecule has 0 radical (unpaired) electrons. The van der Waals surface area contributed by atoms with E-state index in [0.29, 0.717) is 18.8 Å². The van der Waals surface area contributed by atoms with Crippen LogP contribution in [-0.2, 0) is 4.79 Å². The zero-order valence-corrected chi connectivity index (χ0v) is 13.7. The van der Waals surface area contributed by atoms with E-state index in [1.54, 1.807) is 12.1 Å². The highest BCUT2D eigenvalue weighted by molar-refractivity contribution is 5.79. The second-order valence-corrected chi connectivity index (χ2v) is 5.96. The topological polar surface area (TPSA) is 58.1 Å². The van der Waals surface area contributed by atoms with Crippen molar-refractivity contribution in [3.05, 3.63) is 42.2 Å². The van der Waals surface area contributed by atoms with Gasteiger partial charge in [0.15, 0.2) is 5.82 Å². The SMILES string of the molecule is CCNC(=O)C1CCCN(c2ccc(-c3ccc(F)cc3)nn2)C1. The summed E-state index contributed by atoms with van der Waals surface area (Å²) < 4.78 is 13.0. The molecule has 6 heteroatoms. The molecule has 1 aliphatic heterocycles. The minimum absolute atomic E-state index is 0.00252. The average molecular weight is 328 g/mol. The fraction of sp³-hybridized carbons (Fsp3) is 0.389. The molecule has 5 nitrogen and oxygen atoms in total. The first-order valence-electron chi connectivity index (χ1n) is 8.29. The molecule has 1 fully saturated rings. The summed E-state index contributed by atoms with van der Waals surface area (Å²) >= 11 is 0. The van der Waals surface area contributed by atoms with Gasteiger partial charge in [-0.25, -0.2) is 4.39 Å². The Balaban J connectivity index is 1.71. The number of benzene rings is 1. The predicted octanol–water partition coefficient (Wildman–Crippen LogP) is 2.64. The van der Waals surface area contributed by atoms with Gasteiger partial charge in [-0.3, -0.25) is 4.79 Å². The molecule has 3 rings (SSSR count). The number of anilines is 1. The van der Waals surface area contributed by atoms with Crippen LogP contribution in [-0.4, -0.2) is 35.7 Å². The third kappa shape index (κ3) is 3.69. The minimum atomic E-state index is -0.270. The Labute approximate surface area is 140 Å². The monoisotopic (exact) mass is 328 g/mol. The summed E-state index contributed by atoms with van der Waals surface area (Å²) in [6.45, 7) is 4.12. The van der Waals surface area contributed by atoms with E-state index in [-0.39, 0.29) is 17.6 Å². The molecule has 1 amide bonds. The van der Waals surface area contributed by atoms with Gasteiger partial charge >= 0.3 is 0 Å². The summed E-state index contributed by atoms with van der Waals surface area (Å²) in [7, 11) is 0. The van der Waals surface area contributed by atoms with Gasteiger partial charge in [-0.05, 0) is 56.2 Å². The van der Waals surface area contributed by atoms with E-state index in [4.69, 9.17) is 0 Å². The number of carbonyl (C=O) groups is 1. The number of piperidine rings is 1. The predicted molar refractivity (Wildman–Crippen MR) is 91.0 cm³/mol. The number of hydrogen-bond acceptors (Lipinski definition) is 4. The summed E-state index contributed by atoms with van der Waals surface area (Å²) in [6.07, 6.45) is 1.87. The maximum atomic E-state index is 13.0. The van der Waals surface area contributed by atoms with Crippen LogP contribution in [0.4, 0.5) is 10.2 Å². The van der Waals surface area contributed by atoms with E-state index >= 15 is 0 Å². The van der Waals surface area contributed by atoms with Gasteiger partial charge in [0.05, 0.1) is 11.6 Å². The molecule has 126 valence electrons. The molecule has 24 heavy (non-hydrogen) atoms. The highest BCUT2D eigenvalue weighted by Gasteiger charge is 2.26. The molecule has 2 aromatic rings. The average Bonchev–Trinajstić information content (AvgIpc) is 2.63. The Morgan fingerprint density at radius 1 is 1.25 bits per heavy atom. The van der Waals surface area contributed by atoms with Crippen molar-refractivity contribution in [1.82, 2.24) is 15.5 Å². The summed E-state index contributed by atoms with van der Waals surface area (Å²) in [6, 6.07) is 9.98. The number of amides is 1. The first kappa shape index (κ1) is 16.4. The number of carbonyl (C=O) groups excluding carboxylic acids is 1. The molecular weight excluding hydrogens is 307 g/mol. The van der Waals surface area contributed by atoms with Crippen molar-refractivity contribution in [2.45, 2.75) is 19.8 Å². The van der Waals surface area contributed by atoms with Gasteiger partial charge in [-0.15, -0.1) is 10.2 Å². The third-order valence-electron chi connectivity index (χ3n) is 4.26. The van der Waals surface area contributed by atoms with Crippen LogP contribution in [0.15, 0.2) is 36.4 Å². The first-order valence-corrected chi connectivity index (χ1v) is 8.29. The van der Waals surface area contributed by atoms with Crippen molar-refractivity contribution >= 4 is 11.7 Å². The van der Waals surface area contributed by atoms with E-state index in [2.05, 4.69) is 20.4 Å². The highest BCUT2D eigenvalue weighted by atomic mass is 19.1. The van der Waals surface area contributed by atoms with E-state index in [9.17, 15) is 9.18 Å². The van der Waals surface area contributed by atoms with Crippen LogP contribution >= 0.6 is 0 Å². The van der Waals surface area contributed by atoms with E-state index in [1.807, 2.05) is 19.1 Å². The number of nitrogens with zero attached hydrogens (tertiary/aromatic N) is 3. The molecule has 2 heterocycles. The largest absolute Gasteiger partial charge is 0.356 e. The van der Waals surface area contributed by atoms with Gasteiger partial charge in [-0.1, -0.05) is 0 Å². The van der Waals surface area contributed by atoms with Crippen molar-refractivity contribution in [2.24, 2.45) is 5.92 Å². The summed E-state index contributed by atoms with van der Waals surface area (Å²) in [5, 5.41) is 11.4. The number of aromatic nitrogens is 2. The third-order valence-corrected chi connectivity index (χ3v) is 4.26. The Hall–Kier alpha value is -2.50. The number of halogens is 1. The standard InChI is InChI=1S/C18H21FN4O/c1-2-20-18(24)14-4-3-11-23(12-14)17-10-9-16(21-22-17)13-5-7-15(19)8-6-13/h5-10,14H,2-4,11-12H2,1H3,(H,20,24). The Kier molecular flexibility index (Phi) is 5.03. The zero-order valence-electron chi connectivity index (χ0n) is 13.7. The number of hydrogen-bond donors (Lipinski definition) is 1. The lowest BCUT2D eigenvalue weighted by molar-refractivity contribution is -0.125. The van der Waals surface area contributed by atoms with Crippen molar-refractivity contribution in [1.29, 1.82) is 0 Å². The van der Waals surface area contributed by atoms with Crippen molar-refractivity contribution in [2.75, 3.05) is 24.5 Å². The van der Waals surface area contributed by atoms with E-state index in [1.165, 1.54) is 12.1 Å². The maximum absolute atomic E-state index is 13.0. The van der Waals surface area contributed by atoms with Gasteiger partial charge in [0.25, 0.3) is 0 Å². The zero-order chi connectivity index (χ0) is 16.9. The summed E-state index contributed by atoms with van der Waals surface area (Å²) in [5.74, 6) is 0.610. The smallest absolute Gasteiger partial charge is 0.224 e. The van der Waals surface area contributed by atoms with Crippen LogP contribution in [0.1, 0.15) is 19.8 Å². The summed E-state index contributed by atoms with van der Waals surface area (Å²) in [4.78, 5) is 14.1. The van der Waals surface area contributed by atoms with E-state index < -0.39 is 0 Å². The summed E-state index contributed by atoms with van der Waals surface area (Å²) in [5.41, 5.74) is 1.53. The molecule has 0 aliphatic carbocycles. The fourth-order valence-electron chi connectivity index (χ4n) is 2.99. The molecule has 1 aromatic heterocycles. The van der Waals surface area contributed by atoms with Crippen LogP contribution in [0.2, 0.25) is 0 Å². The van der Waals surface area contributed by atoms with Gasteiger partial charge in [0, 0.05) is 25.2 Å².